The molecule has 2 N–H and O–H groups in total. The molecule has 0 spiro atoms. The van der Waals surface area contributed by atoms with Gasteiger partial charge in [0.1, 0.15) is 5.82 Å². The molecular formula is C21H24N4. The Balaban J connectivity index is 1.63. The highest BCUT2D eigenvalue weighted by atomic mass is 15.1. The Labute approximate surface area is 149 Å². The number of rotatable bonds is 6. The molecule has 0 aliphatic rings. The van der Waals surface area contributed by atoms with E-state index in [4.69, 9.17) is 0 Å². The molecular weight excluding hydrogens is 308 g/mol. The second kappa shape index (κ2) is 7.79. The first-order chi connectivity index (χ1) is 12.1. The maximum atomic E-state index is 4.57. The lowest BCUT2D eigenvalue weighted by atomic mass is 10.1. The monoisotopic (exact) mass is 332 g/mol. The maximum absolute atomic E-state index is 4.57. The van der Waals surface area contributed by atoms with E-state index in [0.29, 0.717) is 12.5 Å². The zero-order chi connectivity index (χ0) is 17.6. The van der Waals surface area contributed by atoms with E-state index < -0.39 is 0 Å². The maximum Gasteiger partial charge on any atom is 0.225 e. The number of hydrogen-bond acceptors (Lipinski definition) is 4. The summed E-state index contributed by atoms with van der Waals surface area (Å²) in [5, 5.41) is 6.68. The Morgan fingerprint density at radius 2 is 1.20 bits per heavy atom. The minimum Gasteiger partial charge on any atom is -0.366 e. The summed E-state index contributed by atoms with van der Waals surface area (Å²) in [6, 6.07) is 18.9. The van der Waals surface area contributed by atoms with Gasteiger partial charge in [0.15, 0.2) is 0 Å². The van der Waals surface area contributed by atoms with Gasteiger partial charge in [0.05, 0.1) is 0 Å². The van der Waals surface area contributed by atoms with Crippen LogP contribution in [0, 0.1) is 20.8 Å². The zero-order valence-electron chi connectivity index (χ0n) is 15.0. The Hall–Kier alpha value is -2.88. The number of nitrogens with zero attached hydrogens (tertiary/aromatic N) is 2. The number of benzene rings is 2. The van der Waals surface area contributed by atoms with Crippen molar-refractivity contribution in [2.24, 2.45) is 0 Å². The molecule has 128 valence electrons. The van der Waals surface area contributed by atoms with Crippen molar-refractivity contribution in [3.05, 3.63) is 82.5 Å². The highest BCUT2D eigenvalue weighted by Gasteiger charge is 2.03. The Morgan fingerprint density at radius 1 is 0.680 bits per heavy atom. The van der Waals surface area contributed by atoms with Gasteiger partial charge in [-0.3, -0.25) is 0 Å². The van der Waals surface area contributed by atoms with E-state index in [1.807, 2.05) is 13.0 Å². The van der Waals surface area contributed by atoms with Gasteiger partial charge in [-0.1, -0.05) is 59.7 Å². The molecule has 0 fully saturated rings. The first-order valence-corrected chi connectivity index (χ1v) is 8.53. The van der Waals surface area contributed by atoms with E-state index in [1.165, 1.54) is 22.3 Å². The van der Waals surface area contributed by atoms with Crippen molar-refractivity contribution in [1.29, 1.82) is 0 Å². The van der Waals surface area contributed by atoms with Crippen LogP contribution >= 0.6 is 0 Å². The van der Waals surface area contributed by atoms with Crippen LogP contribution in [0.2, 0.25) is 0 Å². The average molecular weight is 332 g/mol. The van der Waals surface area contributed by atoms with Crippen LogP contribution in [0.5, 0.6) is 0 Å². The Kier molecular flexibility index (Phi) is 5.29. The summed E-state index contributed by atoms with van der Waals surface area (Å²) in [5.74, 6) is 1.48. The zero-order valence-corrected chi connectivity index (χ0v) is 15.0. The number of nitrogens with one attached hydrogen (secondary N) is 2. The molecule has 4 heteroatoms. The Bertz CT molecular complexity index is 756. The van der Waals surface area contributed by atoms with E-state index in [0.717, 1.165) is 18.1 Å². The van der Waals surface area contributed by atoms with Crippen LogP contribution < -0.4 is 10.6 Å². The van der Waals surface area contributed by atoms with E-state index >= 15 is 0 Å². The fourth-order valence-electron chi connectivity index (χ4n) is 2.52. The average Bonchev–Trinajstić information content (AvgIpc) is 2.60. The van der Waals surface area contributed by atoms with Gasteiger partial charge in [-0.25, -0.2) is 4.98 Å². The van der Waals surface area contributed by atoms with E-state index in [2.05, 4.69) is 83.0 Å². The third-order valence-corrected chi connectivity index (χ3v) is 4.02. The molecule has 4 nitrogen and oxygen atoms in total. The van der Waals surface area contributed by atoms with Crippen molar-refractivity contribution in [2.45, 2.75) is 33.9 Å². The standard InChI is InChI=1S/C21H24N4/c1-15-4-8-18(9-5-15)13-22-20-12-17(3)24-21(25-20)23-14-19-10-6-16(2)7-11-19/h4-12H,13-14H2,1-3H3,(H2,22,23,24,25). The summed E-state index contributed by atoms with van der Waals surface area (Å²) in [4.78, 5) is 9.04. The molecule has 0 unspecified atom stereocenters. The van der Waals surface area contributed by atoms with Crippen molar-refractivity contribution in [2.75, 3.05) is 10.6 Å². The molecule has 0 amide bonds. The number of aromatic nitrogens is 2. The van der Waals surface area contributed by atoms with Crippen LogP contribution in [-0.4, -0.2) is 9.97 Å². The fraction of sp³-hybridized carbons (Fsp3) is 0.238. The summed E-state index contributed by atoms with van der Waals surface area (Å²) in [7, 11) is 0. The minimum absolute atomic E-state index is 0.645. The highest BCUT2D eigenvalue weighted by molar-refractivity contribution is 5.43. The van der Waals surface area contributed by atoms with Gasteiger partial charge in [-0.05, 0) is 31.9 Å². The third-order valence-electron chi connectivity index (χ3n) is 4.02. The molecule has 25 heavy (non-hydrogen) atoms. The molecule has 2 aromatic carbocycles. The van der Waals surface area contributed by atoms with Gasteiger partial charge >= 0.3 is 0 Å². The van der Waals surface area contributed by atoms with Gasteiger partial charge in [-0.2, -0.15) is 4.98 Å². The van der Waals surface area contributed by atoms with Crippen LogP contribution in [0.3, 0.4) is 0 Å². The highest BCUT2D eigenvalue weighted by Crippen LogP contribution is 2.13. The molecule has 0 bridgehead atoms. The molecule has 0 aliphatic heterocycles. The molecule has 0 aliphatic carbocycles. The first kappa shape index (κ1) is 17.0. The second-order valence-corrected chi connectivity index (χ2v) is 6.40. The molecule has 1 heterocycles. The van der Waals surface area contributed by atoms with Gasteiger partial charge in [0.2, 0.25) is 5.95 Å². The lowest BCUT2D eigenvalue weighted by Gasteiger charge is -2.10. The fourth-order valence-corrected chi connectivity index (χ4v) is 2.52. The normalized spacial score (nSPS) is 10.5. The topological polar surface area (TPSA) is 49.8 Å². The van der Waals surface area contributed by atoms with E-state index in [1.54, 1.807) is 0 Å². The summed E-state index contributed by atoms with van der Waals surface area (Å²) >= 11 is 0. The summed E-state index contributed by atoms with van der Waals surface area (Å²) in [6.45, 7) is 7.62. The van der Waals surface area contributed by atoms with Gasteiger partial charge in [0.25, 0.3) is 0 Å². The van der Waals surface area contributed by atoms with Crippen LogP contribution in [0.25, 0.3) is 0 Å². The first-order valence-electron chi connectivity index (χ1n) is 8.53. The van der Waals surface area contributed by atoms with Crippen molar-refractivity contribution in [3.63, 3.8) is 0 Å². The molecule has 3 rings (SSSR count). The lowest BCUT2D eigenvalue weighted by Crippen LogP contribution is -2.08. The molecule has 3 aromatic rings. The number of aryl methyl sites for hydroxylation is 3. The van der Waals surface area contributed by atoms with E-state index in [9.17, 15) is 0 Å². The predicted molar refractivity (Wildman–Crippen MR) is 104 cm³/mol. The Morgan fingerprint density at radius 3 is 1.76 bits per heavy atom. The molecule has 0 atom stereocenters. The van der Waals surface area contributed by atoms with Crippen LogP contribution in [0.4, 0.5) is 11.8 Å². The van der Waals surface area contributed by atoms with Crippen LogP contribution in [0.15, 0.2) is 54.6 Å². The van der Waals surface area contributed by atoms with Crippen molar-refractivity contribution in [1.82, 2.24) is 9.97 Å². The quantitative estimate of drug-likeness (QED) is 0.691. The van der Waals surface area contributed by atoms with Gasteiger partial charge in [0, 0.05) is 24.8 Å². The van der Waals surface area contributed by atoms with Crippen molar-refractivity contribution < 1.29 is 0 Å². The molecule has 0 saturated heterocycles. The minimum atomic E-state index is 0.645. The second-order valence-electron chi connectivity index (χ2n) is 6.40. The van der Waals surface area contributed by atoms with Gasteiger partial charge in [-0.15, -0.1) is 0 Å². The van der Waals surface area contributed by atoms with Crippen molar-refractivity contribution in [3.8, 4) is 0 Å². The smallest absolute Gasteiger partial charge is 0.225 e. The summed E-state index contributed by atoms with van der Waals surface area (Å²) in [5.41, 5.74) is 5.91. The summed E-state index contributed by atoms with van der Waals surface area (Å²) in [6.07, 6.45) is 0. The third kappa shape index (κ3) is 5.05. The molecule has 0 saturated carbocycles. The number of anilines is 2. The van der Waals surface area contributed by atoms with E-state index in [-0.39, 0.29) is 0 Å². The largest absolute Gasteiger partial charge is 0.366 e. The lowest BCUT2D eigenvalue weighted by molar-refractivity contribution is 1.01. The van der Waals surface area contributed by atoms with Crippen LogP contribution in [-0.2, 0) is 13.1 Å². The van der Waals surface area contributed by atoms with Crippen molar-refractivity contribution >= 4 is 11.8 Å². The summed E-state index contributed by atoms with van der Waals surface area (Å²) < 4.78 is 0. The van der Waals surface area contributed by atoms with Crippen LogP contribution in [0.1, 0.15) is 27.9 Å². The SMILES string of the molecule is Cc1ccc(CNc2cc(C)nc(NCc3ccc(C)cc3)n2)cc1. The molecule has 1 aromatic heterocycles. The number of hydrogen-bond donors (Lipinski definition) is 2. The van der Waals surface area contributed by atoms with Gasteiger partial charge < -0.3 is 10.6 Å². The predicted octanol–water partition coefficient (Wildman–Crippen LogP) is 4.63. The molecule has 0 radical (unpaired) electrons.